The number of nitrogens with one attached hydrogen (secondary N) is 1. The molecule has 3 rings (SSSR count). The molecule has 6 heteroatoms. The van der Waals surface area contributed by atoms with Crippen molar-refractivity contribution in [3.8, 4) is 0 Å². The maximum absolute atomic E-state index is 12.6. The summed E-state index contributed by atoms with van der Waals surface area (Å²) in [6.07, 6.45) is 3.59. The first-order valence-corrected chi connectivity index (χ1v) is 8.62. The second kappa shape index (κ2) is 7.98. The molecule has 0 unspecified atom stereocenters. The summed E-state index contributed by atoms with van der Waals surface area (Å²) < 4.78 is 1.97. The summed E-state index contributed by atoms with van der Waals surface area (Å²) in [4.78, 5) is 25.6. The van der Waals surface area contributed by atoms with Crippen LogP contribution in [-0.2, 0) is 11.3 Å². The molecule has 2 heterocycles. The number of hydrogen-bond donors (Lipinski definition) is 2. The number of benzene rings is 1. The number of amides is 2. The number of likely N-dealkylation sites (tertiary alicyclic amines) is 1. The second-order valence-corrected chi connectivity index (χ2v) is 6.50. The molecule has 0 bridgehead atoms. The Morgan fingerprint density at radius 1 is 1.08 bits per heavy atom. The molecule has 1 aliphatic heterocycles. The third-order valence-corrected chi connectivity index (χ3v) is 4.56. The number of carbonyl (C=O) groups is 2. The monoisotopic (exact) mass is 340 g/mol. The summed E-state index contributed by atoms with van der Waals surface area (Å²) in [6, 6.07) is 14.0. The highest BCUT2D eigenvalue weighted by Crippen LogP contribution is 2.12. The Bertz CT molecular complexity index is 718. The lowest BCUT2D eigenvalue weighted by Gasteiger charge is -2.31. The Morgan fingerprint density at radius 3 is 2.48 bits per heavy atom. The van der Waals surface area contributed by atoms with Gasteiger partial charge in [-0.25, -0.2) is 0 Å². The first-order valence-electron chi connectivity index (χ1n) is 8.62. The predicted molar refractivity (Wildman–Crippen MR) is 96.1 cm³/mol. The van der Waals surface area contributed by atoms with Gasteiger partial charge in [0.2, 0.25) is 5.91 Å². The molecule has 0 aliphatic carbocycles. The van der Waals surface area contributed by atoms with Gasteiger partial charge in [0, 0.05) is 31.9 Å². The molecule has 1 aromatic carbocycles. The fourth-order valence-electron chi connectivity index (χ4n) is 3.25. The number of aromatic nitrogens is 1. The number of nitrogens with zero attached hydrogens (tertiary/aromatic N) is 2. The lowest BCUT2D eigenvalue weighted by Crippen LogP contribution is -2.47. The molecule has 0 radical (unpaired) electrons. The minimum atomic E-state index is -0.304. The van der Waals surface area contributed by atoms with Gasteiger partial charge in [0.15, 0.2) is 0 Å². The highest BCUT2D eigenvalue weighted by molar-refractivity contribution is 5.93. The van der Waals surface area contributed by atoms with Crippen molar-refractivity contribution in [1.29, 1.82) is 0 Å². The quantitative estimate of drug-likeness (QED) is 0.830. The van der Waals surface area contributed by atoms with Gasteiger partial charge in [0.1, 0.15) is 5.69 Å². The van der Waals surface area contributed by atoms with Crippen LogP contribution in [-0.4, -0.2) is 47.0 Å². The van der Waals surface area contributed by atoms with Gasteiger partial charge in [-0.05, 0) is 30.5 Å². The van der Waals surface area contributed by atoms with Crippen molar-refractivity contribution in [1.82, 2.24) is 14.8 Å². The topological polar surface area (TPSA) is 80.4 Å². The minimum absolute atomic E-state index is 0.0470. The van der Waals surface area contributed by atoms with Crippen LogP contribution in [0.15, 0.2) is 48.7 Å². The average molecular weight is 340 g/mol. The summed E-state index contributed by atoms with van der Waals surface area (Å²) in [5, 5.41) is 3.12. The molecule has 1 aliphatic rings. The Morgan fingerprint density at radius 2 is 1.80 bits per heavy atom. The molecule has 2 amide bonds. The second-order valence-electron chi connectivity index (χ2n) is 6.50. The molecule has 0 spiro atoms. The van der Waals surface area contributed by atoms with E-state index in [-0.39, 0.29) is 17.9 Å². The van der Waals surface area contributed by atoms with E-state index >= 15 is 0 Å². The summed E-state index contributed by atoms with van der Waals surface area (Å²) in [5.41, 5.74) is 7.06. The van der Waals surface area contributed by atoms with Crippen molar-refractivity contribution >= 4 is 11.8 Å². The highest BCUT2D eigenvalue weighted by Gasteiger charge is 2.22. The van der Waals surface area contributed by atoms with E-state index in [4.69, 9.17) is 5.73 Å². The Hall–Kier alpha value is -2.60. The SMILES string of the molecule is NC(=O)CN1CCC(NC(=O)c2cccn2Cc2ccccc2)CC1. The number of nitrogens with two attached hydrogens (primary N) is 1. The van der Waals surface area contributed by atoms with Gasteiger partial charge in [0.25, 0.3) is 5.91 Å². The zero-order valence-electron chi connectivity index (χ0n) is 14.2. The maximum atomic E-state index is 12.6. The Balaban J connectivity index is 1.56. The fourth-order valence-corrected chi connectivity index (χ4v) is 3.25. The van der Waals surface area contributed by atoms with Crippen LogP contribution in [0.1, 0.15) is 28.9 Å². The molecule has 25 heavy (non-hydrogen) atoms. The normalized spacial score (nSPS) is 15.8. The van der Waals surface area contributed by atoms with Crippen LogP contribution < -0.4 is 11.1 Å². The molecule has 0 saturated carbocycles. The van der Waals surface area contributed by atoms with Gasteiger partial charge in [-0.15, -0.1) is 0 Å². The summed E-state index contributed by atoms with van der Waals surface area (Å²) >= 11 is 0. The van der Waals surface area contributed by atoms with Crippen LogP contribution in [0.3, 0.4) is 0 Å². The highest BCUT2D eigenvalue weighted by atomic mass is 16.2. The number of rotatable bonds is 6. The number of primary amides is 1. The lowest BCUT2D eigenvalue weighted by atomic mass is 10.0. The van der Waals surface area contributed by atoms with E-state index in [1.807, 2.05) is 46.0 Å². The molecule has 1 fully saturated rings. The van der Waals surface area contributed by atoms with Crippen LogP contribution in [0, 0.1) is 0 Å². The van der Waals surface area contributed by atoms with E-state index in [0.717, 1.165) is 31.5 Å². The van der Waals surface area contributed by atoms with Crippen LogP contribution in [0.4, 0.5) is 0 Å². The minimum Gasteiger partial charge on any atom is -0.369 e. The molecule has 1 saturated heterocycles. The zero-order valence-corrected chi connectivity index (χ0v) is 14.2. The lowest BCUT2D eigenvalue weighted by molar-refractivity contribution is -0.119. The van der Waals surface area contributed by atoms with Gasteiger partial charge in [0.05, 0.1) is 6.54 Å². The van der Waals surface area contributed by atoms with Crippen molar-refractivity contribution in [3.63, 3.8) is 0 Å². The third-order valence-electron chi connectivity index (χ3n) is 4.56. The standard InChI is InChI=1S/C19H24N4O2/c20-18(24)14-22-11-8-16(9-12-22)21-19(25)17-7-4-10-23(17)13-15-5-2-1-3-6-15/h1-7,10,16H,8-9,11-14H2,(H2,20,24)(H,21,25). The molecule has 2 aromatic rings. The molecule has 6 nitrogen and oxygen atoms in total. The molecular formula is C19H24N4O2. The van der Waals surface area contributed by atoms with Crippen molar-refractivity contribution in [2.24, 2.45) is 5.73 Å². The Labute approximate surface area is 147 Å². The zero-order chi connectivity index (χ0) is 17.6. The molecule has 132 valence electrons. The third kappa shape index (κ3) is 4.70. The van der Waals surface area contributed by atoms with Crippen LogP contribution >= 0.6 is 0 Å². The van der Waals surface area contributed by atoms with Gasteiger partial charge in [-0.1, -0.05) is 30.3 Å². The van der Waals surface area contributed by atoms with Crippen molar-refractivity contribution in [2.75, 3.05) is 19.6 Å². The first kappa shape index (κ1) is 17.2. The van der Waals surface area contributed by atoms with Crippen molar-refractivity contribution in [3.05, 3.63) is 59.9 Å². The van der Waals surface area contributed by atoms with Crippen LogP contribution in [0.25, 0.3) is 0 Å². The summed E-state index contributed by atoms with van der Waals surface area (Å²) in [7, 11) is 0. The van der Waals surface area contributed by atoms with Gasteiger partial charge >= 0.3 is 0 Å². The number of piperidine rings is 1. The fraction of sp³-hybridized carbons (Fsp3) is 0.368. The summed E-state index contributed by atoms with van der Waals surface area (Å²) in [5.74, 6) is -0.351. The number of carbonyl (C=O) groups excluding carboxylic acids is 2. The van der Waals surface area contributed by atoms with E-state index in [1.165, 1.54) is 0 Å². The van der Waals surface area contributed by atoms with Gasteiger partial charge in [-0.2, -0.15) is 0 Å². The first-order chi connectivity index (χ1) is 12.1. The van der Waals surface area contributed by atoms with Crippen molar-refractivity contribution in [2.45, 2.75) is 25.4 Å². The largest absolute Gasteiger partial charge is 0.369 e. The van der Waals surface area contributed by atoms with Crippen LogP contribution in [0.5, 0.6) is 0 Å². The average Bonchev–Trinajstić information content (AvgIpc) is 3.05. The smallest absolute Gasteiger partial charge is 0.268 e. The molecular weight excluding hydrogens is 316 g/mol. The molecule has 3 N–H and O–H groups in total. The van der Waals surface area contributed by atoms with Gasteiger partial charge < -0.3 is 15.6 Å². The van der Waals surface area contributed by atoms with E-state index in [2.05, 4.69) is 17.4 Å². The summed E-state index contributed by atoms with van der Waals surface area (Å²) in [6.45, 7) is 2.52. The molecule has 1 aromatic heterocycles. The Kier molecular flexibility index (Phi) is 5.50. The van der Waals surface area contributed by atoms with E-state index in [9.17, 15) is 9.59 Å². The molecule has 0 atom stereocenters. The van der Waals surface area contributed by atoms with Gasteiger partial charge in [-0.3, -0.25) is 14.5 Å². The van der Waals surface area contributed by atoms with Crippen molar-refractivity contribution < 1.29 is 9.59 Å². The van der Waals surface area contributed by atoms with E-state index in [0.29, 0.717) is 18.8 Å². The predicted octanol–water partition coefficient (Wildman–Crippen LogP) is 1.22. The van der Waals surface area contributed by atoms with E-state index in [1.54, 1.807) is 0 Å². The van der Waals surface area contributed by atoms with Crippen LogP contribution in [0.2, 0.25) is 0 Å². The van der Waals surface area contributed by atoms with E-state index < -0.39 is 0 Å². The maximum Gasteiger partial charge on any atom is 0.268 e. The number of hydrogen-bond acceptors (Lipinski definition) is 3.